The lowest BCUT2D eigenvalue weighted by Gasteiger charge is -2.11. The Morgan fingerprint density at radius 3 is 2.72 bits per heavy atom. The first kappa shape index (κ1) is 10.9. The van der Waals surface area contributed by atoms with E-state index >= 15 is 0 Å². The number of anilines is 2. The van der Waals surface area contributed by atoms with Crippen LogP contribution < -0.4 is 11.1 Å². The first-order chi connectivity index (χ1) is 18.2. The number of nitrogens with two attached hydrogens (primary N) is 1. The fraction of sp³-hybridized carbons (Fsp3) is 0.304. The van der Waals surface area contributed by atoms with Crippen molar-refractivity contribution in [1.82, 2.24) is 4.98 Å². The van der Waals surface area contributed by atoms with Crippen molar-refractivity contribution >= 4 is 28.1 Å². The van der Waals surface area contributed by atoms with E-state index < -0.39 is 73.7 Å². The van der Waals surface area contributed by atoms with Crippen LogP contribution in [-0.4, -0.2) is 16.0 Å². The third-order valence-electron chi connectivity index (χ3n) is 3.66. The largest absolute Gasteiger partial charge is 0.388 e. The number of nitrogen functional groups attached to an aromatic ring is 1. The van der Waals surface area contributed by atoms with Gasteiger partial charge in [-0.1, -0.05) is 48.3 Å². The molecular weight excluding hydrogens is 382 g/mol. The molecule has 0 bridgehead atoms. The van der Waals surface area contributed by atoms with Gasteiger partial charge >= 0.3 is 0 Å². The molecule has 0 unspecified atom stereocenters. The molecule has 1 heterocycles. The minimum atomic E-state index is -2.73. The second-order valence-corrected chi connectivity index (χ2v) is 6.87. The summed E-state index contributed by atoms with van der Waals surface area (Å²) in [5.74, 6) is -1.04. The van der Waals surface area contributed by atoms with Gasteiger partial charge in [-0.15, -0.1) is 11.3 Å². The number of carbonyl (C=O) groups excluding carboxylic acids is 1. The molecule has 0 aliphatic carbocycles. The lowest BCUT2D eigenvalue weighted by Crippen LogP contribution is -2.14. The van der Waals surface area contributed by atoms with Crippen LogP contribution in [0.15, 0.2) is 53.8 Å². The van der Waals surface area contributed by atoms with Gasteiger partial charge in [0.15, 0.2) is 5.13 Å². The van der Waals surface area contributed by atoms with Crippen LogP contribution in [0.25, 0.3) is 0 Å². The molecule has 0 radical (unpaired) electrons. The van der Waals surface area contributed by atoms with E-state index in [-0.39, 0.29) is 27.6 Å². The van der Waals surface area contributed by atoms with E-state index in [1.807, 2.05) is 0 Å². The maximum Gasteiger partial charge on any atom is 0.230 e. The third-order valence-corrected chi connectivity index (χ3v) is 4.34. The normalized spacial score (nSPS) is 20.0. The predicted molar refractivity (Wildman–Crippen MR) is 119 cm³/mol. The summed E-state index contributed by atoms with van der Waals surface area (Å²) >= 11 is 0.976. The number of nitrogens with one attached hydrogen (secondary N) is 1. The highest BCUT2D eigenvalue weighted by atomic mass is 32.1. The van der Waals surface area contributed by atoms with Gasteiger partial charge in [-0.3, -0.25) is 4.79 Å². The molecule has 0 spiro atoms. The molecule has 6 heteroatoms. The van der Waals surface area contributed by atoms with Gasteiger partial charge < -0.3 is 16.2 Å². The number of aromatic nitrogens is 1. The smallest absolute Gasteiger partial charge is 0.230 e. The topological polar surface area (TPSA) is 88.2 Å². The maximum atomic E-state index is 12.5. The van der Waals surface area contributed by atoms with Gasteiger partial charge in [-0.25, -0.2) is 4.98 Å². The number of hydrogen-bond acceptors (Lipinski definition) is 5. The molecule has 1 atom stereocenters. The lowest BCUT2D eigenvalue weighted by atomic mass is 10.0. The van der Waals surface area contributed by atoms with Gasteiger partial charge in [0.25, 0.3) is 0 Å². The second kappa shape index (κ2) is 10.2. The summed E-state index contributed by atoms with van der Waals surface area (Å²) in [4.78, 5) is 16.3. The van der Waals surface area contributed by atoms with Crippen molar-refractivity contribution in [2.24, 2.45) is 0 Å². The summed E-state index contributed by atoms with van der Waals surface area (Å²) in [6.07, 6.45) is -12.0. The van der Waals surface area contributed by atoms with Gasteiger partial charge in [-0.05, 0) is 49.4 Å². The SMILES string of the molecule is [2H]c1c([2H])c([C@@]([2H])(O)CCC([2H])([2H])C([2H])([2H])c2ccc(NC(=O)C([2H])([2H])c3csc(N)n3)cc2)c([2H])c([2H])c1C. The molecule has 5 nitrogen and oxygen atoms in total. The van der Waals surface area contributed by atoms with Crippen LogP contribution in [0.3, 0.4) is 0 Å². The van der Waals surface area contributed by atoms with Crippen molar-refractivity contribution in [2.75, 3.05) is 11.1 Å². The van der Waals surface area contributed by atoms with Gasteiger partial charge in [0.2, 0.25) is 5.91 Å². The van der Waals surface area contributed by atoms with Gasteiger partial charge in [0.05, 0.1) is 25.0 Å². The van der Waals surface area contributed by atoms with Crippen LogP contribution in [0.4, 0.5) is 10.8 Å². The molecule has 4 N–H and O–H groups in total. The van der Waals surface area contributed by atoms with Crippen molar-refractivity contribution in [1.29, 1.82) is 0 Å². The van der Waals surface area contributed by atoms with E-state index in [2.05, 4.69) is 10.3 Å². The van der Waals surface area contributed by atoms with Crippen molar-refractivity contribution in [2.45, 2.75) is 45.0 Å². The molecule has 1 amide bonds. The lowest BCUT2D eigenvalue weighted by molar-refractivity contribution is -0.115. The monoisotopic (exact) mass is 420 g/mol. The van der Waals surface area contributed by atoms with Crippen LogP contribution in [0.5, 0.6) is 0 Å². The fourth-order valence-electron chi connectivity index (χ4n) is 2.25. The van der Waals surface area contributed by atoms with Crippen LogP contribution in [0, 0.1) is 6.92 Å². The first-order valence-electron chi connectivity index (χ1n) is 14.2. The molecule has 0 saturated carbocycles. The van der Waals surface area contributed by atoms with E-state index in [0.717, 1.165) is 11.3 Å². The van der Waals surface area contributed by atoms with Crippen molar-refractivity contribution in [3.8, 4) is 0 Å². The Bertz CT molecular complexity index is 1400. The van der Waals surface area contributed by atoms with Gasteiger partial charge in [0.1, 0.15) is 0 Å². The number of nitrogens with zero attached hydrogens (tertiary/aromatic N) is 1. The summed E-state index contributed by atoms with van der Waals surface area (Å²) in [6, 6.07) is 2.83. The predicted octanol–water partition coefficient (Wildman–Crippen LogP) is 4.66. The Labute approximate surface area is 191 Å². The molecule has 0 fully saturated rings. The fourth-order valence-corrected chi connectivity index (χ4v) is 2.75. The standard InChI is InChI=1S/C23H27N3O2S/c1-16-6-10-18(11-7-16)21(27)5-3-2-4-17-8-12-19(13-9-17)25-22(28)14-20-15-29-23(24)26-20/h6-13,15,21,27H,2-5,14H2,1H3,(H2,24,26)(H,25,28)/t21-/m0/s1/i2D2,4D2,6D,7D,10D,11D,14D2,21D. The van der Waals surface area contributed by atoms with Crippen molar-refractivity contribution in [3.63, 3.8) is 0 Å². The average molecular weight is 421 g/mol. The molecule has 0 saturated heterocycles. The van der Waals surface area contributed by atoms with E-state index in [1.165, 1.54) is 36.6 Å². The molecular formula is C23H27N3O2S. The highest BCUT2D eigenvalue weighted by Crippen LogP contribution is 2.21. The van der Waals surface area contributed by atoms with Gasteiger partial charge in [0, 0.05) is 19.3 Å². The van der Waals surface area contributed by atoms with E-state index in [1.54, 1.807) is 0 Å². The summed E-state index contributed by atoms with van der Waals surface area (Å²) in [6.45, 7) is 1.37. The number of aryl methyl sites for hydroxylation is 1. The Morgan fingerprint density at radius 2 is 2.07 bits per heavy atom. The Morgan fingerprint density at radius 1 is 1.34 bits per heavy atom. The average Bonchev–Trinajstić information content (AvgIpc) is 3.32. The second-order valence-electron chi connectivity index (χ2n) is 5.98. The number of thiazole rings is 1. The number of amides is 1. The molecule has 29 heavy (non-hydrogen) atoms. The number of hydrogen-bond donors (Lipinski definition) is 3. The third kappa shape index (κ3) is 6.69. The van der Waals surface area contributed by atoms with E-state index in [9.17, 15) is 9.90 Å². The van der Waals surface area contributed by atoms with Crippen molar-refractivity contribution in [3.05, 3.63) is 76.2 Å². The zero-order chi connectivity index (χ0) is 30.4. The number of benzene rings is 2. The quantitative estimate of drug-likeness (QED) is 0.470. The molecule has 152 valence electrons. The zero-order valence-corrected chi connectivity index (χ0v) is 16.4. The molecule has 0 aliphatic heterocycles. The first-order valence-corrected chi connectivity index (χ1v) is 9.55. The minimum absolute atomic E-state index is 0.0322. The minimum Gasteiger partial charge on any atom is -0.388 e. The van der Waals surface area contributed by atoms with Crippen molar-refractivity contribution < 1.29 is 25.0 Å². The van der Waals surface area contributed by atoms with Crippen LogP contribution in [-0.2, 0) is 17.5 Å². The molecule has 0 aliphatic rings. The molecule has 3 aromatic rings. The van der Waals surface area contributed by atoms with Crippen LogP contribution in [0.2, 0.25) is 0 Å². The van der Waals surface area contributed by atoms with E-state index in [0.29, 0.717) is 0 Å². The summed E-state index contributed by atoms with van der Waals surface area (Å²) < 4.78 is 90.0. The Hall–Kier alpha value is -2.70. The highest BCUT2D eigenvalue weighted by Gasteiger charge is 2.08. The molecule has 2 aromatic carbocycles. The summed E-state index contributed by atoms with van der Waals surface area (Å²) in [5.41, 5.74) is 4.73. The number of rotatable bonds is 9. The zero-order valence-electron chi connectivity index (χ0n) is 26.6. The Kier molecular flexibility index (Phi) is 3.83. The number of aliphatic hydroxyl groups is 1. The van der Waals surface area contributed by atoms with Crippen LogP contribution in [0.1, 0.15) is 62.8 Å². The highest BCUT2D eigenvalue weighted by molar-refractivity contribution is 7.13. The van der Waals surface area contributed by atoms with Crippen LogP contribution >= 0.6 is 11.3 Å². The summed E-state index contributed by atoms with van der Waals surface area (Å²) in [5, 5.41) is 14.5. The molecule has 1 aromatic heterocycles. The van der Waals surface area contributed by atoms with E-state index in [4.69, 9.17) is 20.8 Å². The summed E-state index contributed by atoms with van der Waals surface area (Å²) in [7, 11) is 0. The number of carbonyl (C=O) groups is 1. The van der Waals surface area contributed by atoms with Gasteiger partial charge in [-0.2, -0.15) is 0 Å². The maximum absolute atomic E-state index is 12.5. The molecule has 3 rings (SSSR count). The Balaban J connectivity index is 1.77.